The van der Waals surface area contributed by atoms with Crippen LogP contribution in [0.3, 0.4) is 0 Å². The van der Waals surface area contributed by atoms with Crippen molar-refractivity contribution in [3.05, 3.63) is 33.8 Å². The van der Waals surface area contributed by atoms with Crippen LogP contribution in [0.1, 0.15) is 25.0 Å². The Hall–Kier alpha value is -0.340. The topological polar surface area (TPSA) is 20.2 Å². The number of hydrogen-bond donors (Lipinski definition) is 1. The lowest BCUT2D eigenvalue weighted by molar-refractivity contribution is 0.0808. The first-order valence-electron chi connectivity index (χ1n) is 4.36. The highest BCUT2D eigenvalue weighted by molar-refractivity contribution is 9.10. The molecule has 0 bridgehead atoms. The van der Waals surface area contributed by atoms with Crippen LogP contribution in [-0.4, -0.2) is 10.7 Å². The quantitative estimate of drug-likeness (QED) is 0.846. The highest BCUT2D eigenvalue weighted by Crippen LogP contribution is 2.20. The van der Waals surface area contributed by atoms with E-state index in [0.29, 0.717) is 6.42 Å². The molecule has 0 heterocycles. The second kappa shape index (κ2) is 3.81. The van der Waals surface area contributed by atoms with Gasteiger partial charge in [-0.25, -0.2) is 0 Å². The Kier molecular flexibility index (Phi) is 3.14. The average molecular weight is 243 g/mol. The molecule has 0 aliphatic carbocycles. The van der Waals surface area contributed by atoms with Crippen molar-refractivity contribution in [2.75, 3.05) is 0 Å². The number of rotatable bonds is 2. The van der Waals surface area contributed by atoms with Crippen LogP contribution in [0, 0.1) is 6.92 Å². The van der Waals surface area contributed by atoms with Crippen molar-refractivity contribution in [2.24, 2.45) is 0 Å². The van der Waals surface area contributed by atoms with E-state index in [1.54, 1.807) is 0 Å². The second-order valence-electron chi connectivity index (χ2n) is 4.06. The van der Waals surface area contributed by atoms with Gasteiger partial charge < -0.3 is 5.11 Å². The predicted molar refractivity (Wildman–Crippen MR) is 58.9 cm³/mol. The summed E-state index contributed by atoms with van der Waals surface area (Å²) in [6, 6.07) is 6.14. The summed E-state index contributed by atoms with van der Waals surface area (Å²) < 4.78 is 1.07. The van der Waals surface area contributed by atoms with E-state index < -0.39 is 5.60 Å². The summed E-state index contributed by atoms with van der Waals surface area (Å²) >= 11 is 3.42. The van der Waals surface area contributed by atoms with Gasteiger partial charge in [0.25, 0.3) is 0 Å². The fourth-order valence-corrected chi connectivity index (χ4v) is 1.71. The van der Waals surface area contributed by atoms with Crippen molar-refractivity contribution in [3.8, 4) is 0 Å². The van der Waals surface area contributed by atoms with E-state index in [1.165, 1.54) is 11.1 Å². The molecule has 1 aromatic carbocycles. The van der Waals surface area contributed by atoms with Gasteiger partial charge in [0.1, 0.15) is 0 Å². The Balaban J connectivity index is 2.94. The van der Waals surface area contributed by atoms with Crippen molar-refractivity contribution in [1.82, 2.24) is 0 Å². The molecule has 1 N–H and O–H groups in total. The van der Waals surface area contributed by atoms with Crippen LogP contribution >= 0.6 is 15.9 Å². The number of aryl methyl sites for hydroxylation is 1. The van der Waals surface area contributed by atoms with Gasteiger partial charge in [0.05, 0.1) is 5.60 Å². The van der Waals surface area contributed by atoms with Crippen molar-refractivity contribution >= 4 is 15.9 Å². The maximum absolute atomic E-state index is 9.67. The molecule has 1 aromatic rings. The van der Waals surface area contributed by atoms with Crippen LogP contribution in [0.4, 0.5) is 0 Å². The molecule has 0 aromatic heterocycles. The Morgan fingerprint density at radius 1 is 1.38 bits per heavy atom. The summed E-state index contributed by atoms with van der Waals surface area (Å²) in [5.41, 5.74) is 1.79. The van der Waals surface area contributed by atoms with Crippen molar-refractivity contribution in [3.63, 3.8) is 0 Å². The molecule has 0 radical (unpaired) electrons. The third-order valence-corrected chi connectivity index (χ3v) is 2.43. The molecule has 0 aliphatic heterocycles. The van der Waals surface area contributed by atoms with Crippen LogP contribution < -0.4 is 0 Å². The van der Waals surface area contributed by atoms with Crippen molar-refractivity contribution < 1.29 is 5.11 Å². The molecule has 1 nitrogen and oxygen atoms in total. The zero-order valence-electron chi connectivity index (χ0n) is 8.26. The number of aliphatic hydroxyl groups is 1. The van der Waals surface area contributed by atoms with Crippen LogP contribution in [0.15, 0.2) is 22.7 Å². The van der Waals surface area contributed by atoms with Gasteiger partial charge in [-0.1, -0.05) is 22.0 Å². The van der Waals surface area contributed by atoms with Crippen LogP contribution in [0.2, 0.25) is 0 Å². The van der Waals surface area contributed by atoms with Crippen molar-refractivity contribution in [1.29, 1.82) is 0 Å². The molecule has 72 valence electrons. The first kappa shape index (κ1) is 10.7. The lowest BCUT2D eigenvalue weighted by atomic mass is 9.96. The fraction of sp³-hybridized carbons (Fsp3) is 0.455. The second-order valence-corrected chi connectivity index (χ2v) is 4.98. The zero-order valence-corrected chi connectivity index (χ0v) is 9.85. The summed E-state index contributed by atoms with van der Waals surface area (Å²) in [4.78, 5) is 0. The number of halogens is 1. The van der Waals surface area contributed by atoms with E-state index in [4.69, 9.17) is 0 Å². The molecular formula is C11H15BrO. The van der Waals surface area contributed by atoms with Gasteiger partial charge in [-0.2, -0.15) is 0 Å². The van der Waals surface area contributed by atoms with E-state index in [2.05, 4.69) is 35.0 Å². The van der Waals surface area contributed by atoms with E-state index in [0.717, 1.165) is 4.47 Å². The van der Waals surface area contributed by atoms with E-state index in [9.17, 15) is 5.11 Å². The van der Waals surface area contributed by atoms with E-state index >= 15 is 0 Å². The maximum Gasteiger partial charge on any atom is 0.0632 e. The van der Waals surface area contributed by atoms with E-state index in [1.807, 2.05) is 19.9 Å². The zero-order chi connectivity index (χ0) is 10.1. The van der Waals surface area contributed by atoms with Crippen LogP contribution in [0.25, 0.3) is 0 Å². The molecule has 0 saturated carbocycles. The standard InChI is InChI=1S/C11H15BrO/c1-8-4-5-10(12)6-9(8)7-11(2,3)13/h4-6,13H,7H2,1-3H3. The summed E-state index contributed by atoms with van der Waals surface area (Å²) in [5, 5.41) is 9.67. The van der Waals surface area contributed by atoms with Gasteiger partial charge in [0, 0.05) is 10.9 Å². The summed E-state index contributed by atoms with van der Waals surface area (Å²) in [6.45, 7) is 5.72. The SMILES string of the molecule is Cc1ccc(Br)cc1CC(C)(C)O. The Morgan fingerprint density at radius 2 is 2.00 bits per heavy atom. The molecular weight excluding hydrogens is 228 g/mol. The Labute approximate surface area is 87.9 Å². The highest BCUT2D eigenvalue weighted by Gasteiger charge is 2.14. The van der Waals surface area contributed by atoms with Crippen LogP contribution in [-0.2, 0) is 6.42 Å². The highest BCUT2D eigenvalue weighted by atomic mass is 79.9. The first-order chi connectivity index (χ1) is 5.88. The summed E-state index contributed by atoms with van der Waals surface area (Å²) in [7, 11) is 0. The Morgan fingerprint density at radius 3 is 2.54 bits per heavy atom. The van der Waals surface area contributed by atoms with Gasteiger partial charge in [-0.05, 0) is 44.0 Å². The molecule has 13 heavy (non-hydrogen) atoms. The average Bonchev–Trinajstić information content (AvgIpc) is 1.94. The minimum absolute atomic E-state index is 0.633. The molecule has 0 atom stereocenters. The van der Waals surface area contributed by atoms with Crippen LogP contribution in [0.5, 0.6) is 0 Å². The molecule has 0 amide bonds. The number of benzene rings is 1. The largest absolute Gasteiger partial charge is 0.390 e. The first-order valence-corrected chi connectivity index (χ1v) is 5.15. The third-order valence-electron chi connectivity index (χ3n) is 1.93. The molecule has 2 heteroatoms. The van der Waals surface area contributed by atoms with Gasteiger partial charge in [0.15, 0.2) is 0 Å². The molecule has 0 saturated heterocycles. The van der Waals surface area contributed by atoms with Gasteiger partial charge in [0.2, 0.25) is 0 Å². The fourth-order valence-electron chi connectivity index (χ4n) is 1.30. The monoisotopic (exact) mass is 242 g/mol. The maximum atomic E-state index is 9.67. The van der Waals surface area contributed by atoms with Crippen molar-refractivity contribution in [2.45, 2.75) is 32.8 Å². The summed E-state index contributed by atoms with van der Waals surface area (Å²) in [5.74, 6) is 0. The predicted octanol–water partition coefficient (Wildman–Crippen LogP) is 3.07. The summed E-state index contributed by atoms with van der Waals surface area (Å²) in [6.07, 6.45) is 0.693. The smallest absolute Gasteiger partial charge is 0.0632 e. The molecule has 0 aliphatic rings. The minimum Gasteiger partial charge on any atom is -0.390 e. The lowest BCUT2D eigenvalue weighted by Crippen LogP contribution is -2.22. The third kappa shape index (κ3) is 3.49. The van der Waals surface area contributed by atoms with Gasteiger partial charge in [-0.3, -0.25) is 0 Å². The van der Waals surface area contributed by atoms with E-state index in [-0.39, 0.29) is 0 Å². The normalized spacial score (nSPS) is 11.8. The van der Waals surface area contributed by atoms with Gasteiger partial charge >= 0.3 is 0 Å². The minimum atomic E-state index is -0.633. The number of hydrogen-bond acceptors (Lipinski definition) is 1. The molecule has 0 fully saturated rings. The lowest BCUT2D eigenvalue weighted by Gasteiger charge is -2.18. The molecule has 0 spiro atoms. The Bertz CT molecular complexity index is 299. The molecule has 1 rings (SSSR count). The van der Waals surface area contributed by atoms with Gasteiger partial charge in [-0.15, -0.1) is 0 Å². The molecule has 0 unspecified atom stereocenters.